The Morgan fingerprint density at radius 3 is 1.88 bits per heavy atom. The van der Waals surface area contributed by atoms with E-state index in [1.54, 1.807) is 6.07 Å². The highest BCUT2D eigenvalue weighted by Crippen LogP contribution is 2.41. The van der Waals surface area contributed by atoms with Gasteiger partial charge in [-0.1, -0.05) is 77.7 Å². The highest BCUT2D eigenvalue weighted by atomic mass is 19.4. The third-order valence-electron chi connectivity index (χ3n) is 7.84. The van der Waals surface area contributed by atoms with E-state index in [0.29, 0.717) is 0 Å². The van der Waals surface area contributed by atoms with E-state index in [1.807, 2.05) is 0 Å². The number of alkyl halides is 3. The second-order valence-corrected chi connectivity index (χ2v) is 10.7. The van der Waals surface area contributed by atoms with Crippen LogP contribution < -0.4 is 4.74 Å². The summed E-state index contributed by atoms with van der Waals surface area (Å²) < 4.78 is 54.8. The van der Waals surface area contributed by atoms with Gasteiger partial charge in [0.05, 0.1) is 0 Å². The molecule has 1 nitrogen and oxygen atoms in total. The van der Waals surface area contributed by atoms with Crippen molar-refractivity contribution in [1.82, 2.24) is 0 Å². The molecule has 1 aromatic carbocycles. The Morgan fingerprint density at radius 1 is 0.844 bits per heavy atom. The normalized spacial score (nSPS) is 27.0. The summed E-state index contributed by atoms with van der Waals surface area (Å²) in [6, 6.07) is 3.93. The molecule has 0 radical (unpaired) electrons. The van der Waals surface area contributed by atoms with Crippen LogP contribution in [0.5, 0.6) is 5.75 Å². The Balaban J connectivity index is 1.35. The van der Waals surface area contributed by atoms with Gasteiger partial charge in [0, 0.05) is 0 Å². The predicted molar refractivity (Wildman–Crippen MR) is 121 cm³/mol. The maximum absolute atomic E-state index is 14.0. The van der Waals surface area contributed by atoms with E-state index in [2.05, 4.69) is 18.6 Å². The van der Waals surface area contributed by atoms with Gasteiger partial charge in [0.25, 0.3) is 0 Å². The first-order chi connectivity index (χ1) is 15.2. The van der Waals surface area contributed by atoms with Crippen molar-refractivity contribution in [2.75, 3.05) is 0 Å². The van der Waals surface area contributed by atoms with Gasteiger partial charge in [-0.3, -0.25) is 0 Å². The van der Waals surface area contributed by atoms with Crippen molar-refractivity contribution in [1.29, 1.82) is 0 Å². The molecule has 0 aromatic heterocycles. The Hall–Kier alpha value is -1.26. The van der Waals surface area contributed by atoms with Crippen LogP contribution in [0.3, 0.4) is 0 Å². The molecule has 1 aromatic rings. The molecule has 0 N–H and O–H groups in total. The standard InChI is InChI=1S/C27H40F4O/c1-19(2)4-3-5-20-6-8-21(9-7-20)10-11-22-12-14-23(15-13-22)24-16-17-26(25(28)18-24)32-27(29,30)31/h16-23H,3-15H2,1-2H3. The Kier molecular flexibility index (Phi) is 9.31. The summed E-state index contributed by atoms with van der Waals surface area (Å²) in [6.45, 7) is 4.62. The molecule has 0 saturated heterocycles. The van der Waals surface area contributed by atoms with E-state index in [9.17, 15) is 17.6 Å². The van der Waals surface area contributed by atoms with Crippen molar-refractivity contribution in [2.45, 2.75) is 110 Å². The summed E-state index contributed by atoms with van der Waals surface area (Å²) in [6.07, 6.45) is 11.8. The molecule has 0 spiro atoms. The van der Waals surface area contributed by atoms with Crippen LogP contribution in [-0.4, -0.2) is 6.36 Å². The average molecular weight is 457 g/mol. The number of hydrogen-bond acceptors (Lipinski definition) is 1. The first-order valence-corrected chi connectivity index (χ1v) is 12.7. The van der Waals surface area contributed by atoms with E-state index in [-0.39, 0.29) is 5.92 Å². The fourth-order valence-electron chi connectivity index (χ4n) is 5.86. The summed E-state index contributed by atoms with van der Waals surface area (Å²) in [5.74, 6) is 1.97. The lowest BCUT2D eigenvalue weighted by molar-refractivity contribution is -0.275. The summed E-state index contributed by atoms with van der Waals surface area (Å²) >= 11 is 0. The van der Waals surface area contributed by atoms with Gasteiger partial charge in [-0.05, 0) is 73.0 Å². The van der Waals surface area contributed by atoms with Gasteiger partial charge >= 0.3 is 6.36 Å². The average Bonchev–Trinajstić information content (AvgIpc) is 2.74. The van der Waals surface area contributed by atoms with Crippen molar-refractivity contribution in [3.8, 4) is 5.75 Å². The third-order valence-corrected chi connectivity index (χ3v) is 7.84. The largest absolute Gasteiger partial charge is 0.573 e. The minimum absolute atomic E-state index is 0.238. The van der Waals surface area contributed by atoms with E-state index < -0.39 is 17.9 Å². The first-order valence-electron chi connectivity index (χ1n) is 12.7. The molecular formula is C27H40F4O. The molecule has 2 aliphatic carbocycles. The number of halogens is 4. The second-order valence-electron chi connectivity index (χ2n) is 10.7. The maximum atomic E-state index is 14.0. The fourth-order valence-corrected chi connectivity index (χ4v) is 5.86. The van der Waals surface area contributed by atoms with E-state index in [4.69, 9.17) is 0 Å². The van der Waals surface area contributed by atoms with Crippen LogP contribution in [0, 0.1) is 29.5 Å². The molecule has 0 aliphatic heterocycles. The lowest BCUT2D eigenvalue weighted by atomic mass is 9.74. The topological polar surface area (TPSA) is 9.23 Å². The minimum atomic E-state index is -4.87. The highest BCUT2D eigenvalue weighted by molar-refractivity contribution is 5.31. The van der Waals surface area contributed by atoms with Gasteiger partial charge in [-0.25, -0.2) is 4.39 Å². The van der Waals surface area contributed by atoms with E-state index >= 15 is 0 Å². The van der Waals surface area contributed by atoms with Crippen LogP contribution in [0.1, 0.15) is 109 Å². The number of rotatable bonds is 9. The molecule has 2 aliphatic rings. The molecule has 3 rings (SSSR count). The van der Waals surface area contributed by atoms with E-state index in [0.717, 1.165) is 61.0 Å². The molecule has 2 saturated carbocycles. The van der Waals surface area contributed by atoms with Crippen LogP contribution >= 0.6 is 0 Å². The molecule has 32 heavy (non-hydrogen) atoms. The summed E-state index contributed by atoms with van der Waals surface area (Å²) in [7, 11) is 0. The number of hydrogen-bond donors (Lipinski definition) is 0. The monoisotopic (exact) mass is 456 g/mol. The van der Waals surface area contributed by atoms with Gasteiger partial charge in [0.2, 0.25) is 0 Å². The van der Waals surface area contributed by atoms with Gasteiger partial charge in [0.15, 0.2) is 11.6 Å². The van der Waals surface area contributed by atoms with Crippen molar-refractivity contribution in [3.05, 3.63) is 29.6 Å². The molecule has 5 heteroatoms. The van der Waals surface area contributed by atoms with Crippen LogP contribution in [0.2, 0.25) is 0 Å². The highest BCUT2D eigenvalue weighted by Gasteiger charge is 2.33. The van der Waals surface area contributed by atoms with Crippen molar-refractivity contribution in [3.63, 3.8) is 0 Å². The number of benzene rings is 1. The second kappa shape index (κ2) is 11.7. The van der Waals surface area contributed by atoms with Crippen LogP contribution in [0.4, 0.5) is 17.6 Å². The zero-order chi connectivity index (χ0) is 23.1. The fraction of sp³-hybridized carbons (Fsp3) is 0.778. The summed E-state index contributed by atoms with van der Waals surface area (Å²) in [4.78, 5) is 0. The number of ether oxygens (including phenoxy) is 1. The lowest BCUT2D eigenvalue weighted by Gasteiger charge is -2.32. The van der Waals surface area contributed by atoms with Gasteiger partial charge in [-0.15, -0.1) is 13.2 Å². The SMILES string of the molecule is CC(C)CCCC1CCC(CCC2CCC(c3ccc(OC(F)(F)F)c(F)c3)CC2)CC1. The molecule has 0 heterocycles. The zero-order valence-electron chi connectivity index (χ0n) is 19.7. The third kappa shape index (κ3) is 8.26. The quantitative estimate of drug-likeness (QED) is 0.336. The molecule has 0 amide bonds. The maximum Gasteiger partial charge on any atom is 0.573 e. The molecule has 0 atom stereocenters. The molecule has 2 fully saturated rings. The molecule has 0 bridgehead atoms. The lowest BCUT2D eigenvalue weighted by Crippen LogP contribution is -2.19. The van der Waals surface area contributed by atoms with Gasteiger partial charge < -0.3 is 4.74 Å². The van der Waals surface area contributed by atoms with Crippen molar-refractivity contribution < 1.29 is 22.3 Å². The van der Waals surface area contributed by atoms with Gasteiger partial charge in [0.1, 0.15) is 0 Å². The summed E-state index contributed by atoms with van der Waals surface area (Å²) in [5, 5.41) is 0. The van der Waals surface area contributed by atoms with Crippen molar-refractivity contribution >= 4 is 0 Å². The molecule has 182 valence electrons. The molecular weight excluding hydrogens is 416 g/mol. The van der Waals surface area contributed by atoms with Gasteiger partial charge in [-0.2, -0.15) is 0 Å². The van der Waals surface area contributed by atoms with Crippen LogP contribution in [0.15, 0.2) is 18.2 Å². The first kappa shape index (κ1) is 25.4. The van der Waals surface area contributed by atoms with Crippen molar-refractivity contribution in [2.24, 2.45) is 23.7 Å². The molecule has 0 unspecified atom stereocenters. The minimum Gasteiger partial charge on any atom is -0.403 e. The zero-order valence-corrected chi connectivity index (χ0v) is 19.7. The smallest absolute Gasteiger partial charge is 0.403 e. The van der Waals surface area contributed by atoms with Crippen LogP contribution in [-0.2, 0) is 0 Å². The Morgan fingerprint density at radius 2 is 1.38 bits per heavy atom. The Labute approximate surface area is 191 Å². The Bertz CT molecular complexity index is 683. The van der Waals surface area contributed by atoms with Crippen LogP contribution in [0.25, 0.3) is 0 Å². The summed E-state index contributed by atoms with van der Waals surface area (Å²) in [5.41, 5.74) is 0.797. The van der Waals surface area contributed by atoms with E-state index in [1.165, 1.54) is 63.9 Å². The predicted octanol–water partition coefficient (Wildman–Crippen LogP) is 9.41.